The summed E-state index contributed by atoms with van der Waals surface area (Å²) in [6, 6.07) is 5.63. The molecule has 0 bridgehead atoms. The average molecular weight is 294 g/mol. The second-order valence-electron chi connectivity index (χ2n) is 4.39. The number of rotatable bonds is 5. The molecule has 0 fully saturated rings. The molecule has 106 valence electrons. The van der Waals surface area contributed by atoms with Crippen molar-refractivity contribution in [3.63, 3.8) is 0 Å². The van der Waals surface area contributed by atoms with E-state index in [9.17, 15) is 13.2 Å². The molecule has 2 rings (SSSR count). The van der Waals surface area contributed by atoms with E-state index in [-0.39, 0.29) is 16.2 Å². The van der Waals surface area contributed by atoms with E-state index >= 15 is 0 Å². The Morgan fingerprint density at radius 3 is 2.65 bits per heavy atom. The lowest BCUT2D eigenvalue weighted by Gasteiger charge is -2.06. The Hall–Kier alpha value is -2.15. The summed E-state index contributed by atoms with van der Waals surface area (Å²) in [7, 11) is -1.90. The number of aromatic carboxylic acids is 1. The quantitative estimate of drug-likeness (QED) is 0.893. The van der Waals surface area contributed by atoms with Gasteiger partial charge in [0, 0.05) is 13.2 Å². The molecule has 0 saturated heterocycles. The Morgan fingerprint density at radius 1 is 1.35 bits per heavy atom. The maximum atomic E-state index is 12.2. The molecular formula is C13H14N2O4S. The minimum absolute atomic E-state index is 0.142. The van der Waals surface area contributed by atoms with Crippen molar-refractivity contribution in [3.05, 3.63) is 47.8 Å². The molecule has 0 aliphatic rings. The van der Waals surface area contributed by atoms with Gasteiger partial charge in [0.2, 0.25) is 0 Å². The number of aryl methyl sites for hydroxylation is 2. The van der Waals surface area contributed by atoms with Crippen LogP contribution in [0.1, 0.15) is 15.9 Å². The van der Waals surface area contributed by atoms with Gasteiger partial charge in [-0.1, -0.05) is 12.1 Å². The van der Waals surface area contributed by atoms with E-state index in [1.54, 1.807) is 24.1 Å². The zero-order valence-corrected chi connectivity index (χ0v) is 11.7. The van der Waals surface area contributed by atoms with Crippen molar-refractivity contribution < 1.29 is 18.3 Å². The van der Waals surface area contributed by atoms with Crippen molar-refractivity contribution >= 4 is 15.8 Å². The summed E-state index contributed by atoms with van der Waals surface area (Å²) >= 11 is 0. The highest BCUT2D eigenvalue weighted by Crippen LogP contribution is 2.18. The van der Waals surface area contributed by atoms with E-state index in [4.69, 9.17) is 5.11 Å². The minimum Gasteiger partial charge on any atom is -0.478 e. The third-order valence-corrected chi connectivity index (χ3v) is 4.64. The van der Waals surface area contributed by atoms with E-state index in [0.717, 1.165) is 5.56 Å². The highest BCUT2D eigenvalue weighted by Gasteiger charge is 2.21. The summed E-state index contributed by atoms with van der Waals surface area (Å²) in [5.41, 5.74) is 0.600. The van der Waals surface area contributed by atoms with Gasteiger partial charge in [0.15, 0.2) is 9.84 Å². The molecule has 6 nitrogen and oxygen atoms in total. The molecule has 0 radical (unpaired) electrons. The molecule has 0 atom stereocenters. The van der Waals surface area contributed by atoms with Crippen LogP contribution in [0.4, 0.5) is 0 Å². The Morgan fingerprint density at radius 2 is 2.05 bits per heavy atom. The van der Waals surface area contributed by atoms with Crippen LogP contribution < -0.4 is 0 Å². The van der Waals surface area contributed by atoms with E-state index in [1.807, 2.05) is 0 Å². The number of aromatic nitrogens is 2. The lowest BCUT2D eigenvalue weighted by molar-refractivity contribution is 0.0692. The van der Waals surface area contributed by atoms with Gasteiger partial charge in [-0.3, -0.25) is 4.68 Å². The molecule has 1 aromatic heterocycles. The molecule has 0 spiro atoms. The first-order chi connectivity index (χ1) is 9.40. The Bertz CT molecular complexity index is 734. The molecule has 1 N–H and O–H groups in total. The molecule has 0 amide bonds. The monoisotopic (exact) mass is 294 g/mol. The maximum Gasteiger partial charge on any atom is 0.337 e. The number of hydrogen-bond acceptors (Lipinski definition) is 4. The van der Waals surface area contributed by atoms with Crippen LogP contribution >= 0.6 is 0 Å². The molecule has 0 saturated carbocycles. The third kappa shape index (κ3) is 3.05. The number of benzene rings is 1. The van der Waals surface area contributed by atoms with Crippen LogP contribution in [-0.4, -0.2) is 35.0 Å². The summed E-state index contributed by atoms with van der Waals surface area (Å²) in [5.74, 6) is -1.39. The second-order valence-corrected chi connectivity index (χ2v) is 6.47. The van der Waals surface area contributed by atoms with Crippen LogP contribution in [0, 0.1) is 0 Å². The fourth-order valence-corrected chi connectivity index (χ4v) is 3.38. The summed E-state index contributed by atoms with van der Waals surface area (Å²) in [5, 5.41) is 13.0. The van der Waals surface area contributed by atoms with Crippen LogP contribution in [0.3, 0.4) is 0 Å². The summed E-state index contributed by atoms with van der Waals surface area (Å²) in [6.07, 6.45) is 3.63. The van der Waals surface area contributed by atoms with Crippen LogP contribution in [-0.2, 0) is 23.3 Å². The van der Waals surface area contributed by atoms with Crippen LogP contribution in [0.15, 0.2) is 41.6 Å². The van der Waals surface area contributed by atoms with Crippen molar-refractivity contribution in [1.82, 2.24) is 9.78 Å². The van der Waals surface area contributed by atoms with E-state index in [1.165, 1.54) is 24.3 Å². The van der Waals surface area contributed by atoms with Gasteiger partial charge in [-0.05, 0) is 24.1 Å². The molecule has 0 aliphatic carbocycles. The summed E-state index contributed by atoms with van der Waals surface area (Å²) in [4.78, 5) is 10.9. The predicted molar refractivity (Wildman–Crippen MR) is 72.4 cm³/mol. The van der Waals surface area contributed by atoms with Gasteiger partial charge < -0.3 is 5.11 Å². The van der Waals surface area contributed by atoms with Crippen LogP contribution in [0.25, 0.3) is 0 Å². The first kappa shape index (κ1) is 14.3. The van der Waals surface area contributed by atoms with Crippen LogP contribution in [0.2, 0.25) is 0 Å². The number of hydrogen-bond donors (Lipinski definition) is 1. The van der Waals surface area contributed by atoms with Gasteiger partial charge in [0.1, 0.15) is 0 Å². The normalized spacial score (nSPS) is 11.4. The average Bonchev–Trinajstić information content (AvgIpc) is 2.82. The largest absolute Gasteiger partial charge is 0.478 e. The summed E-state index contributed by atoms with van der Waals surface area (Å²) < 4.78 is 26.1. The number of sulfone groups is 1. The smallest absolute Gasteiger partial charge is 0.337 e. The van der Waals surface area contributed by atoms with Gasteiger partial charge in [0.05, 0.1) is 22.4 Å². The minimum atomic E-state index is -3.64. The zero-order chi connectivity index (χ0) is 14.8. The van der Waals surface area contributed by atoms with Crippen molar-refractivity contribution in [2.75, 3.05) is 5.75 Å². The Balaban J connectivity index is 2.25. The first-order valence-corrected chi connectivity index (χ1v) is 7.58. The standard InChI is InChI=1S/C13H14N2O4S/c1-15-9-10(8-14-15)6-7-20(18,19)12-5-3-2-4-11(12)13(16)17/h2-5,8-9H,6-7H2,1H3,(H,16,17). The molecular weight excluding hydrogens is 280 g/mol. The van der Waals surface area contributed by atoms with E-state index < -0.39 is 15.8 Å². The van der Waals surface area contributed by atoms with E-state index in [0.29, 0.717) is 6.42 Å². The highest BCUT2D eigenvalue weighted by atomic mass is 32.2. The van der Waals surface area contributed by atoms with Gasteiger partial charge in [-0.15, -0.1) is 0 Å². The van der Waals surface area contributed by atoms with Crippen LogP contribution in [0.5, 0.6) is 0 Å². The molecule has 0 unspecified atom stereocenters. The molecule has 7 heteroatoms. The van der Waals surface area contributed by atoms with Gasteiger partial charge in [-0.2, -0.15) is 5.10 Å². The maximum absolute atomic E-state index is 12.2. The molecule has 20 heavy (non-hydrogen) atoms. The summed E-state index contributed by atoms with van der Waals surface area (Å²) in [6.45, 7) is 0. The number of carbonyl (C=O) groups is 1. The van der Waals surface area contributed by atoms with Crippen molar-refractivity contribution in [3.8, 4) is 0 Å². The second kappa shape index (κ2) is 5.46. The van der Waals surface area contributed by atoms with Gasteiger partial charge in [-0.25, -0.2) is 13.2 Å². The number of carboxylic acid groups (broad SMARTS) is 1. The third-order valence-electron chi connectivity index (χ3n) is 2.87. The van der Waals surface area contributed by atoms with Crippen molar-refractivity contribution in [2.24, 2.45) is 7.05 Å². The molecule has 0 aliphatic heterocycles. The van der Waals surface area contributed by atoms with Gasteiger partial charge in [0.25, 0.3) is 0 Å². The Kier molecular flexibility index (Phi) is 3.89. The van der Waals surface area contributed by atoms with Gasteiger partial charge >= 0.3 is 5.97 Å². The lowest BCUT2D eigenvalue weighted by Crippen LogP contribution is -2.13. The molecule has 1 aromatic carbocycles. The topological polar surface area (TPSA) is 89.3 Å². The van der Waals surface area contributed by atoms with E-state index in [2.05, 4.69) is 5.10 Å². The zero-order valence-electron chi connectivity index (χ0n) is 10.9. The SMILES string of the molecule is Cn1cc(CCS(=O)(=O)c2ccccc2C(=O)O)cn1. The first-order valence-electron chi connectivity index (χ1n) is 5.93. The number of carboxylic acids is 1. The Labute approximate surface area is 116 Å². The number of nitrogens with zero attached hydrogens (tertiary/aromatic N) is 2. The molecule has 1 heterocycles. The van der Waals surface area contributed by atoms with Crippen molar-refractivity contribution in [1.29, 1.82) is 0 Å². The lowest BCUT2D eigenvalue weighted by atomic mass is 10.2. The highest BCUT2D eigenvalue weighted by molar-refractivity contribution is 7.91. The molecule has 2 aromatic rings. The fourth-order valence-electron chi connectivity index (χ4n) is 1.88. The fraction of sp³-hybridized carbons (Fsp3) is 0.231. The predicted octanol–water partition coefficient (Wildman–Crippen LogP) is 1.13. The van der Waals surface area contributed by atoms with Crippen molar-refractivity contribution in [2.45, 2.75) is 11.3 Å².